The first-order valence-electron chi connectivity index (χ1n) is 4.07. The fourth-order valence-corrected chi connectivity index (χ4v) is 4.00. The number of hydrogen-bond acceptors (Lipinski definition) is 2. The van der Waals surface area contributed by atoms with Gasteiger partial charge in [-0.15, -0.1) is 34.7 Å². The summed E-state index contributed by atoms with van der Waals surface area (Å²) in [5, 5.41) is 1.31. The fraction of sp³-hybridized carbons (Fsp3) is 0.200. The lowest BCUT2D eigenvalue weighted by molar-refractivity contribution is 1.43. The Bertz CT molecular complexity index is 423. The first-order valence-corrected chi connectivity index (χ1v) is 7.44. The lowest BCUT2D eigenvalue weighted by atomic mass is 10.2. The highest BCUT2D eigenvalue weighted by molar-refractivity contribution is 9.11. The van der Waals surface area contributed by atoms with Gasteiger partial charge in [-0.25, -0.2) is 0 Å². The van der Waals surface area contributed by atoms with E-state index in [-0.39, 0.29) is 0 Å². The molecule has 0 atom stereocenters. The largest absolute Gasteiger partial charge is 0.129 e. The molecule has 14 heavy (non-hydrogen) atoms. The molecule has 0 fully saturated rings. The molecule has 0 N–H and O–H groups in total. The molecule has 0 amide bonds. The summed E-state index contributed by atoms with van der Waals surface area (Å²) in [6.45, 7) is 0. The number of benzene rings is 1. The third-order valence-corrected chi connectivity index (χ3v) is 4.86. The molecule has 0 saturated heterocycles. The third-order valence-electron chi connectivity index (χ3n) is 2.06. The van der Waals surface area contributed by atoms with Crippen LogP contribution in [0.2, 0.25) is 0 Å². The Kier molecular flexibility index (Phi) is 3.42. The summed E-state index contributed by atoms with van der Waals surface area (Å²) in [6.07, 6.45) is 2.10. The van der Waals surface area contributed by atoms with Gasteiger partial charge in [-0.2, -0.15) is 0 Å². The zero-order chi connectivity index (χ0) is 10.1. The zero-order valence-corrected chi connectivity index (χ0v) is 11.5. The van der Waals surface area contributed by atoms with Crippen LogP contribution in [0.5, 0.6) is 0 Å². The van der Waals surface area contributed by atoms with Crippen molar-refractivity contribution in [2.24, 2.45) is 0 Å². The van der Waals surface area contributed by atoms with Crippen LogP contribution < -0.4 is 0 Å². The quantitative estimate of drug-likeness (QED) is 0.548. The van der Waals surface area contributed by atoms with Crippen molar-refractivity contribution in [1.29, 1.82) is 0 Å². The highest BCUT2D eigenvalue weighted by atomic mass is 79.9. The van der Waals surface area contributed by atoms with Gasteiger partial charge in [0.1, 0.15) is 0 Å². The number of hydrogen-bond donors (Lipinski definition) is 0. The maximum absolute atomic E-state index is 5.90. The summed E-state index contributed by atoms with van der Waals surface area (Å²) in [6, 6.07) is 6.43. The molecular weight excluding hydrogens is 300 g/mol. The van der Waals surface area contributed by atoms with E-state index in [9.17, 15) is 0 Å². The molecule has 1 aromatic heterocycles. The monoisotopic (exact) mass is 306 g/mol. The van der Waals surface area contributed by atoms with Crippen molar-refractivity contribution in [3.05, 3.63) is 27.5 Å². The minimum atomic E-state index is 0.581. The molecule has 0 aliphatic heterocycles. The Balaban J connectivity index is 2.77. The average molecular weight is 308 g/mol. The number of halogens is 2. The number of alkyl halides is 1. The predicted molar refractivity (Wildman–Crippen MR) is 70.9 cm³/mol. The van der Waals surface area contributed by atoms with Crippen LogP contribution >= 0.6 is 50.6 Å². The van der Waals surface area contributed by atoms with E-state index < -0.39 is 0 Å². The summed E-state index contributed by atoms with van der Waals surface area (Å²) >= 11 is 12.9. The van der Waals surface area contributed by atoms with Crippen LogP contribution in [-0.2, 0) is 5.88 Å². The van der Waals surface area contributed by atoms with Gasteiger partial charge in [-0.05, 0) is 39.9 Å². The van der Waals surface area contributed by atoms with Crippen molar-refractivity contribution < 1.29 is 0 Å². The maximum atomic E-state index is 5.90. The molecule has 0 radical (unpaired) electrons. The molecule has 0 spiro atoms. The van der Waals surface area contributed by atoms with E-state index in [1.165, 1.54) is 24.3 Å². The first kappa shape index (κ1) is 10.8. The Hall–Kier alpha value is 0.300. The maximum Gasteiger partial charge on any atom is 0.0711 e. The van der Waals surface area contributed by atoms with Gasteiger partial charge in [0.25, 0.3) is 0 Å². The standard InChI is InChI=1S/C10H8BrClS2/c1-13-8-3-2-6(5-12)10-7(8)4-9(11)14-10/h2-4H,5H2,1H3. The van der Waals surface area contributed by atoms with E-state index in [2.05, 4.69) is 40.4 Å². The summed E-state index contributed by atoms with van der Waals surface area (Å²) in [4.78, 5) is 1.32. The van der Waals surface area contributed by atoms with Gasteiger partial charge < -0.3 is 0 Å². The Morgan fingerprint density at radius 2 is 2.29 bits per heavy atom. The molecule has 1 aromatic carbocycles. The highest BCUT2D eigenvalue weighted by Crippen LogP contribution is 2.37. The van der Waals surface area contributed by atoms with Crippen molar-refractivity contribution in [1.82, 2.24) is 0 Å². The second kappa shape index (κ2) is 4.44. The van der Waals surface area contributed by atoms with Crippen LogP contribution in [0.4, 0.5) is 0 Å². The number of thiophene rings is 1. The summed E-state index contributed by atoms with van der Waals surface area (Å²) in [7, 11) is 0. The second-order valence-electron chi connectivity index (χ2n) is 2.85. The third kappa shape index (κ3) is 1.83. The van der Waals surface area contributed by atoms with Crippen LogP contribution in [0.25, 0.3) is 10.1 Å². The molecular formula is C10H8BrClS2. The van der Waals surface area contributed by atoms with Gasteiger partial charge in [0.2, 0.25) is 0 Å². The SMILES string of the molecule is CSc1ccc(CCl)c2sc(Br)cc12. The van der Waals surface area contributed by atoms with Crippen LogP contribution in [-0.4, -0.2) is 6.26 Å². The van der Waals surface area contributed by atoms with E-state index >= 15 is 0 Å². The molecule has 2 rings (SSSR count). The predicted octanol–water partition coefficient (Wildman–Crippen LogP) is 5.12. The minimum absolute atomic E-state index is 0.581. The highest BCUT2D eigenvalue weighted by Gasteiger charge is 2.08. The van der Waals surface area contributed by atoms with Crippen molar-refractivity contribution in [2.75, 3.05) is 6.26 Å². The normalized spacial score (nSPS) is 11.1. The Morgan fingerprint density at radius 3 is 2.93 bits per heavy atom. The zero-order valence-electron chi connectivity index (χ0n) is 7.51. The van der Waals surface area contributed by atoms with Gasteiger partial charge in [0.15, 0.2) is 0 Å². The van der Waals surface area contributed by atoms with E-state index in [1.54, 1.807) is 23.1 Å². The average Bonchev–Trinajstić information content (AvgIpc) is 2.57. The van der Waals surface area contributed by atoms with Gasteiger partial charge in [-0.3, -0.25) is 0 Å². The molecule has 1 heterocycles. The van der Waals surface area contributed by atoms with Crippen LogP contribution in [0.3, 0.4) is 0 Å². The van der Waals surface area contributed by atoms with Crippen LogP contribution in [0, 0.1) is 0 Å². The van der Waals surface area contributed by atoms with Crippen molar-refractivity contribution >= 4 is 60.7 Å². The minimum Gasteiger partial charge on any atom is -0.129 e. The lowest BCUT2D eigenvalue weighted by Crippen LogP contribution is -1.79. The summed E-state index contributed by atoms with van der Waals surface area (Å²) in [5.74, 6) is 0.581. The number of thioether (sulfide) groups is 1. The van der Waals surface area contributed by atoms with Crippen LogP contribution in [0.15, 0.2) is 26.9 Å². The first-order chi connectivity index (χ1) is 6.76. The molecule has 0 bridgehead atoms. The van der Waals surface area contributed by atoms with Crippen molar-refractivity contribution in [3.63, 3.8) is 0 Å². The van der Waals surface area contributed by atoms with Gasteiger partial charge in [0.05, 0.1) is 3.79 Å². The molecule has 0 unspecified atom stereocenters. The van der Waals surface area contributed by atoms with Gasteiger partial charge >= 0.3 is 0 Å². The fourth-order valence-electron chi connectivity index (χ4n) is 1.41. The van der Waals surface area contributed by atoms with E-state index in [0.717, 1.165) is 0 Å². The molecule has 0 nitrogen and oxygen atoms in total. The lowest BCUT2D eigenvalue weighted by Gasteiger charge is -2.02. The van der Waals surface area contributed by atoms with Gasteiger partial charge in [0, 0.05) is 20.9 Å². The van der Waals surface area contributed by atoms with Crippen molar-refractivity contribution in [2.45, 2.75) is 10.8 Å². The second-order valence-corrected chi connectivity index (χ2v) is 6.40. The smallest absolute Gasteiger partial charge is 0.0711 e. The Labute approximate surface area is 105 Å². The molecule has 0 aliphatic rings. The molecule has 4 heteroatoms. The molecule has 0 aliphatic carbocycles. The molecule has 2 aromatic rings. The van der Waals surface area contributed by atoms with E-state index in [1.807, 2.05) is 0 Å². The topological polar surface area (TPSA) is 0 Å². The van der Waals surface area contributed by atoms with E-state index in [4.69, 9.17) is 11.6 Å². The summed E-state index contributed by atoms with van der Waals surface area (Å²) in [5.41, 5.74) is 1.22. The molecule has 0 saturated carbocycles. The number of rotatable bonds is 2. The summed E-state index contributed by atoms with van der Waals surface area (Å²) < 4.78 is 2.47. The molecule has 74 valence electrons. The van der Waals surface area contributed by atoms with Gasteiger partial charge in [-0.1, -0.05) is 6.07 Å². The number of fused-ring (bicyclic) bond motifs is 1. The van der Waals surface area contributed by atoms with E-state index in [0.29, 0.717) is 5.88 Å². The Morgan fingerprint density at radius 1 is 1.50 bits per heavy atom. The van der Waals surface area contributed by atoms with Crippen molar-refractivity contribution in [3.8, 4) is 0 Å². The van der Waals surface area contributed by atoms with Crippen LogP contribution in [0.1, 0.15) is 5.56 Å².